The summed E-state index contributed by atoms with van der Waals surface area (Å²) in [5.74, 6) is -0.0434. The highest BCUT2D eigenvalue weighted by Gasteiger charge is 2.04. The van der Waals surface area contributed by atoms with Gasteiger partial charge in [0.15, 0.2) is 5.78 Å². The number of allylic oxidation sites excluding steroid dienone is 2. The van der Waals surface area contributed by atoms with Crippen molar-refractivity contribution in [2.24, 2.45) is 0 Å². The van der Waals surface area contributed by atoms with Crippen molar-refractivity contribution in [2.75, 3.05) is 0 Å². The van der Waals surface area contributed by atoms with E-state index in [1.54, 1.807) is 12.2 Å². The number of unbranched alkanes of at least 4 members (excludes halogenated alkanes) is 6. The average molecular weight is 483 g/mol. The minimum Gasteiger partial charge on any atom is -0.331 e. The molecule has 0 radical (unpaired) electrons. The summed E-state index contributed by atoms with van der Waals surface area (Å²) in [7, 11) is 0. The molecule has 0 saturated heterocycles. The number of nitrogens with zero attached hydrogens (tertiary/aromatic N) is 4. The molecule has 0 fully saturated rings. The zero-order valence-corrected chi connectivity index (χ0v) is 21.7. The molecule has 0 bridgehead atoms. The number of ketones is 1. The quantitative estimate of drug-likeness (QED) is 0.136. The van der Waals surface area contributed by atoms with Crippen LogP contribution in [0.25, 0.3) is 34.2 Å². The van der Waals surface area contributed by atoms with Gasteiger partial charge >= 0.3 is 0 Å². The van der Waals surface area contributed by atoms with Crippen molar-refractivity contribution < 1.29 is 4.79 Å². The van der Waals surface area contributed by atoms with Gasteiger partial charge in [-0.05, 0) is 60.4 Å². The SMILES string of the molecule is CCCCCCn1cnc2cc(/C=C/C(=O)/C=C/c3ccc4c(c3)ncn4CCCCCC)ccc21. The summed E-state index contributed by atoms with van der Waals surface area (Å²) in [5, 5.41) is 0. The zero-order valence-electron chi connectivity index (χ0n) is 21.7. The Hall–Kier alpha value is -3.47. The molecule has 0 aliphatic carbocycles. The van der Waals surface area contributed by atoms with Crippen LogP contribution in [0.5, 0.6) is 0 Å². The van der Waals surface area contributed by atoms with Crippen molar-refractivity contribution in [2.45, 2.75) is 78.3 Å². The van der Waals surface area contributed by atoms with E-state index in [0.29, 0.717) is 0 Å². The lowest BCUT2D eigenvalue weighted by Gasteiger charge is -2.04. The average Bonchev–Trinajstić information content (AvgIpc) is 3.50. The summed E-state index contributed by atoms with van der Waals surface area (Å²) >= 11 is 0. The minimum absolute atomic E-state index is 0.0434. The maximum absolute atomic E-state index is 12.5. The van der Waals surface area contributed by atoms with Gasteiger partial charge in [-0.1, -0.05) is 76.7 Å². The van der Waals surface area contributed by atoms with Crippen molar-refractivity contribution in [3.05, 3.63) is 72.3 Å². The number of hydrogen-bond donors (Lipinski definition) is 0. The van der Waals surface area contributed by atoms with Gasteiger partial charge in [0, 0.05) is 13.1 Å². The van der Waals surface area contributed by atoms with Gasteiger partial charge in [-0.2, -0.15) is 0 Å². The fraction of sp³-hybridized carbons (Fsp3) is 0.387. The smallest absolute Gasteiger partial charge is 0.178 e. The number of benzene rings is 2. The first kappa shape index (κ1) is 25.6. The third-order valence-electron chi connectivity index (χ3n) is 6.68. The van der Waals surface area contributed by atoms with E-state index in [2.05, 4.69) is 45.1 Å². The van der Waals surface area contributed by atoms with Crippen molar-refractivity contribution in [1.29, 1.82) is 0 Å². The summed E-state index contributed by atoms with van der Waals surface area (Å²) in [5.41, 5.74) is 6.18. The molecule has 0 N–H and O–H groups in total. The molecule has 2 aromatic heterocycles. The highest BCUT2D eigenvalue weighted by Crippen LogP contribution is 2.19. The Labute approximate surface area is 214 Å². The Balaban J connectivity index is 1.34. The first-order valence-electron chi connectivity index (χ1n) is 13.5. The molecule has 4 aromatic rings. The van der Waals surface area contributed by atoms with E-state index in [0.717, 1.165) is 46.3 Å². The first-order valence-corrected chi connectivity index (χ1v) is 13.5. The van der Waals surface area contributed by atoms with Crippen LogP contribution in [0.3, 0.4) is 0 Å². The molecule has 36 heavy (non-hydrogen) atoms. The maximum atomic E-state index is 12.5. The normalized spacial score (nSPS) is 12.1. The predicted octanol–water partition coefficient (Wildman–Crippen LogP) is 7.84. The summed E-state index contributed by atoms with van der Waals surface area (Å²) < 4.78 is 4.44. The molecule has 5 nitrogen and oxygen atoms in total. The minimum atomic E-state index is -0.0434. The number of aromatic nitrogens is 4. The molecule has 5 heteroatoms. The third kappa shape index (κ3) is 6.81. The summed E-state index contributed by atoms with van der Waals surface area (Å²) in [6.07, 6.45) is 20.7. The molecular weight excluding hydrogens is 444 g/mol. The van der Waals surface area contributed by atoms with E-state index in [4.69, 9.17) is 0 Å². The van der Waals surface area contributed by atoms with Gasteiger partial charge in [-0.3, -0.25) is 4.79 Å². The second-order valence-electron chi connectivity index (χ2n) is 9.56. The second-order valence-corrected chi connectivity index (χ2v) is 9.56. The third-order valence-corrected chi connectivity index (χ3v) is 6.68. The van der Waals surface area contributed by atoms with E-state index in [1.165, 1.54) is 51.4 Å². The number of aryl methyl sites for hydroxylation is 2. The lowest BCUT2D eigenvalue weighted by molar-refractivity contribution is -0.110. The topological polar surface area (TPSA) is 52.7 Å². The van der Waals surface area contributed by atoms with Crippen LogP contribution in [0.4, 0.5) is 0 Å². The summed E-state index contributed by atoms with van der Waals surface area (Å²) in [4.78, 5) is 21.6. The standard InChI is InChI=1S/C31H38N4O/c1-3-5-7-9-19-34-23-32-28-21-25(13-17-30(28)34)11-15-27(36)16-12-26-14-18-31-29(22-26)33-24-35(31)20-10-8-6-4-2/h11-18,21-24H,3-10,19-20H2,1-2H3/b15-11+,16-12+. The summed E-state index contributed by atoms with van der Waals surface area (Å²) in [6.45, 7) is 6.46. The van der Waals surface area contributed by atoms with E-state index in [-0.39, 0.29) is 5.78 Å². The van der Waals surface area contributed by atoms with E-state index in [1.807, 2.05) is 49.1 Å². The number of fused-ring (bicyclic) bond motifs is 2. The second kappa shape index (κ2) is 13.0. The van der Waals surface area contributed by atoms with Gasteiger partial charge in [0.05, 0.1) is 34.7 Å². The zero-order chi connectivity index (χ0) is 25.2. The monoisotopic (exact) mass is 482 g/mol. The Morgan fingerprint density at radius 1 is 0.694 bits per heavy atom. The van der Waals surface area contributed by atoms with E-state index in [9.17, 15) is 4.79 Å². The van der Waals surface area contributed by atoms with Gasteiger partial charge in [-0.25, -0.2) is 9.97 Å². The number of carbonyl (C=O) groups is 1. The number of hydrogen-bond acceptors (Lipinski definition) is 3. The molecule has 0 saturated carbocycles. The van der Waals surface area contributed by atoms with Crippen molar-refractivity contribution >= 4 is 40.0 Å². The number of imidazole rings is 2. The highest BCUT2D eigenvalue weighted by molar-refractivity contribution is 6.04. The Morgan fingerprint density at radius 2 is 1.17 bits per heavy atom. The largest absolute Gasteiger partial charge is 0.331 e. The van der Waals surface area contributed by atoms with Gasteiger partial charge in [-0.15, -0.1) is 0 Å². The van der Waals surface area contributed by atoms with Gasteiger partial charge in [0.1, 0.15) is 0 Å². The molecule has 4 rings (SSSR count). The van der Waals surface area contributed by atoms with E-state index >= 15 is 0 Å². The number of carbonyl (C=O) groups excluding carboxylic acids is 1. The predicted molar refractivity (Wildman–Crippen MR) is 151 cm³/mol. The molecule has 0 amide bonds. The van der Waals surface area contributed by atoms with Crippen LogP contribution in [0.15, 0.2) is 61.2 Å². The maximum Gasteiger partial charge on any atom is 0.178 e. The fourth-order valence-electron chi connectivity index (χ4n) is 4.56. The Morgan fingerprint density at radius 3 is 1.61 bits per heavy atom. The molecule has 0 aliphatic rings. The lowest BCUT2D eigenvalue weighted by Crippen LogP contribution is -1.96. The van der Waals surface area contributed by atoms with Gasteiger partial charge < -0.3 is 9.13 Å². The van der Waals surface area contributed by atoms with Crippen LogP contribution in [0.1, 0.15) is 76.3 Å². The van der Waals surface area contributed by atoms with Gasteiger partial charge in [0.2, 0.25) is 0 Å². The van der Waals surface area contributed by atoms with Gasteiger partial charge in [0.25, 0.3) is 0 Å². The molecule has 0 aliphatic heterocycles. The molecule has 0 unspecified atom stereocenters. The van der Waals surface area contributed by atoms with E-state index < -0.39 is 0 Å². The first-order chi connectivity index (χ1) is 17.7. The molecule has 2 aromatic carbocycles. The van der Waals surface area contributed by atoms with Crippen LogP contribution >= 0.6 is 0 Å². The van der Waals surface area contributed by atoms with Crippen LogP contribution in [0.2, 0.25) is 0 Å². The van der Waals surface area contributed by atoms with Crippen LogP contribution in [-0.4, -0.2) is 24.9 Å². The highest BCUT2D eigenvalue weighted by atomic mass is 16.1. The molecule has 2 heterocycles. The summed E-state index contributed by atoms with van der Waals surface area (Å²) in [6, 6.07) is 12.4. The van der Waals surface area contributed by atoms with Crippen molar-refractivity contribution in [3.63, 3.8) is 0 Å². The van der Waals surface area contributed by atoms with Crippen LogP contribution in [-0.2, 0) is 17.9 Å². The fourth-order valence-corrected chi connectivity index (χ4v) is 4.56. The Kier molecular flexibility index (Phi) is 9.26. The molecule has 188 valence electrons. The van der Waals surface area contributed by atoms with Crippen LogP contribution < -0.4 is 0 Å². The van der Waals surface area contributed by atoms with Crippen molar-refractivity contribution in [1.82, 2.24) is 19.1 Å². The lowest BCUT2D eigenvalue weighted by atomic mass is 10.1. The Bertz CT molecular complexity index is 1240. The molecular formula is C31H38N4O. The van der Waals surface area contributed by atoms with Crippen LogP contribution in [0, 0.1) is 0 Å². The molecule has 0 atom stereocenters. The van der Waals surface area contributed by atoms with Crippen molar-refractivity contribution in [3.8, 4) is 0 Å². The molecule has 0 spiro atoms. The number of rotatable bonds is 14.